The van der Waals surface area contributed by atoms with Crippen LogP contribution in [-0.2, 0) is 17.6 Å². The number of carbonyl (C=O) groups excluding carboxylic acids is 1. The number of aryl methyl sites for hydroxylation is 1. The SMILES string of the molecule is CCc1ccc2[nH]c(=O)c(C3c4cc(OC)c(OC)cc4CCN3C(=O)C(C)(C)C)cc2c1. The second-order valence-electron chi connectivity index (χ2n) is 9.64. The van der Waals surface area contributed by atoms with Crippen molar-refractivity contribution in [1.82, 2.24) is 9.88 Å². The van der Waals surface area contributed by atoms with E-state index in [1.54, 1.807) is 14.2 Å². The minimum atomic E-state index is -0.578. The number of pyridine rings is 1. The molecule has 2 aromatic carbocycles. The lowest BCUT2D eigenvalue weighted by Crippen LogP contribution is -2.47. The largest absolute Gasteiger partial charge is 0.493 e. The highest BCUT2D eigenvalue weighted by Gasteiger charge is 2.38. The number of benzene rings is 2. The number of aromatic nitrogens is 1. The molecule has 0 saturated carbocycles. The van der Waals surface area contributed by atoms with Crippen LogP contribution in [0.4, 0.5) is 0 Å². The van der Waals surface area contributed by atoms with E-state index in [-0.39, 0.29) is 11.5 Å². The summed E-state index contributed by atoms with van der Waals surface area (Å²) >= 11 is 0. The monoisotopic (exact) mass is 448 g/mol. The lowest BCUT2D eigenvalue weighted by Gasteiger charge is -2.40. The van der Waals surface area contributed by atoms with Crippen molar-refractivity contribution >= 4 is 16.8 Å². The van der Waals surface area contributed by atoms with Crippen LogP contribution >= 0.6 is 0 Å². The topological polar surface area (TPSA) is 71.6 Å². The zero-order valence-electron chi connectivity index (χ0n) is 20.2. The van der Waals surface area contributed by atoms with Gasteiger partial charge < -0.3 is 19.4 Å². The Morgan fingerprint density at radius 1 is 1.06 bits per heavy atom. The molecule has 1 aliphatic rings. The van der Waals surface area contributed by atoms with E-state index in [0.717, 1.165) is 28.5 Å². The van der Waals surface area contributed by atoms with Gasteiger partial charge in [0.05, 0.1) is 20.3 Å². The van der Waals surface area contributed by atoms with Gasteiger partial charge in [0.25, 0.3) is 5.56 Å². The Kier molecular flexibility index (Phi) is 5.95. The molecule has 6 nitrogen and oxygen atoms in total. The predicted octanol–water partition coefficient (Wildman–Crippen LogP) is 4.63. The normalized spacial score (nSPS) is 15.9. The van der Waals surface area contributed by atoms with Crippen LogP contribution < -0.4 is 15.0 Å². The molecule has 0 saturated heterocycles. The minimum absolute atomic E-state index is 0.00902. The first-order valence-corrected chi connectivity index (χ1v) is 11.4. The van der Waals surface area contributed by atoms with Gasteiger partial charge in [0.1, 0.15) is 0 Å². The van der Waals surface area contributed by atoms with Crippen LogP contribution in [0.1, 0.15) is 56.0 Å². The molecule has 4 rings (SSSR count). The van der Waals surface area contributed by atoms with E-state index >= 15 is 0 Å². The fourth-order valence-electron chi connectivity index (χ4n) is 4.63. The average molecular weight is 449 g/mol. The molecule has 1 unspecified atom stereocenters. The molecule has 33 heavy (non-hydrogen) atoms. The maximum Gasteiger partial charge on any atom is 0.254 e. The summed E-state index contributed by atoms with van der Waals surface area (Å²) in [7, 11) is 3.20. The van der Waals surface area contributed by atoms with Gasteiger partial charge in [0.2, 0.25) is 5.91 Å². The van der Waals surface area contributed by atoms with Crippen molar-refractivity contribution in [2.24, 2.45) is 5.41 Å². The number of aromatic amines is 1. The molecule has 0 aliphatic carbocycles. The molecule has 174 valence electrons. The second kappa shape index (κ2) is 8.58. The molecule has 3 aromatic rings. The quantitative estimate of drug-likeness (QED) is 0.632. The van der Waals surface area contributed by atoms with Crippen molar-refractivity contribution in [3.8, 4) is 11.5 Å². The molecule has 2 heterocycles. The van der Waals surface area contributed by atoms with Crippen LogP contribution in [-0.4, -0.2) is 36.6 Å². The minimum Gasteiger partial charge on any atom is -0.493 e. The van der Waals surface area contributed by atoms with Gasteiger partial charge in [0, 0.05) is 23.0 Å². The molecule has 0 radical (unpaired) electrons. The van der Waals surface area contributed by atoms with E-state index < -0.39 is 11.5 Å². The highest BCUT2D eigenvalue weighted by molar-refractivity contribution is 5.84. The number of amides is 1. The van der Waals surface area contributed by atoms with E-state index in [1.807, 2.05) is 56.0 Å². The van der Waals surface area contributed by atoms with Gasteiger partial charge in [-0.1, -0.05) is 33.8 Å². The summed E-state index contributed by atoms with van der Waals surface area (Å²) in [6.07, 6.45) is 1.59. The van der Waals surface area contributed by atoms with Gasteiger partial charge in [0.15, 0.2) is 11.5 Å². The van der Waals surface area contributed by atoms with Gasteiger partial charge in [-0.2, -0.15) is 0 Å². The molecular formula is C27H32N2O4. The van der Waals surface area contributed by atoms with Crippen LogP contribution in [0.5, 0.6) is 11.5 Å². The van der Waals surface area contributed by atoms with E-state index in [0.29, 0.717) is 30.0 Å². The molecule has 1 aromatic heterocycles. The van der Waals surface area contributed by atoms with Crippen LogP contribution in [0.2, 0.25) is 0 Å². The summed E-state index contributed by atoms with van der Waals surface area (Å²) in [4.78, 5) is 31.7. The number of nitrogens with zero attached hydrogens (tertiary/aromatic N) is 1. The Morgan fingerprint density at radius 3 is 2.39 bits per heavy atom. The summed E-state index contributed by atoms with van der Waals surface area (Å²) in [5.74, 6) is 1.23. The molecule has 1 amide bonds. The second-order valence-corrected chi connectivity index (χ2v) is 9.64. The van der Waals surface area contributed by atoms with Crippen molar-refractivity contribution in [2.75, 3.05) is 20.8 Å². The van der Waals surface area contributed by atoms with E-state index in [1.165, 1.54) is 5.56 Å². The number of rotatable bonds is 4. The predicted molar refractivity (Wildman–Crippen MR) is 130 cm³/mol. The van der Waals surface area contributed by atoms with Crippen LogP contribution in [0, 0.1) is 5.41 Å². The first kappa shape index (κ1) is 22.9. The number of carbonyl (C=O) groups is 1. The molecule has 0 fully saturated rings. The third-order valence-corrected chi connectivity index (χ3v) is 6.42. The van der Waals surface area contributed by atoms with Crippen LogP contribution in [0.3, 0.4) is 0 Å². The lowest BCUT2D eigenvalue weighted by molar-refractivity contribution is -0.141. The number of hydrogen-bond donors (Lipinski definition) is 1. The van der Waals surface area contributed by atoms with Crippen molar-refractivity contribution < 1.29 is 14.3 Å². The molecule has 1 atom stereocenters. The fourth-order valence-corrected chi connectivity index (χ4v) is 4.63. The number of nitrogens with one attached hydrogen (secondary N) is 1. The van der Waals surface area contributed by atoms with E-state index in [9.17, 15) is 9.59 Å². The maximum atomic E-state index is 13.5. The summed E-state index contributed by atoms with van der Waals surface area (Å²) in [5.41, 5.74) is 3.72. The zero-order valence-corrected chi connectivity index (χ0v) is 20.2. The Morgan fingerprint density at radius 2 is 1.76 bits per heavy atom. The summed E-state index contributed by atoms with van der Waals surface area (Å²) < 4.78 is 11.1. The van der Waals surface area contributed by atoms with Crippen LogP contribution in [0.15, 0.2) is 41.2 Å². The maximum absolute atomic E-state index is 13.5. The smallest absolute Gasteiger partial charge is 0.254 e. The first-order chi connectivity index (χ1) is 15.7. The van der Waals surface area contributed by atoms with Crippen molar-refractivity contribution in [2.45, 2.75) is 46.6 Å². The number of H-pyrrole nitrogens is 1. The fraction of sp³-hybridized carbons (Fsp3) is 0.407. The third kappa shape index (κ3) is 4.10. The van der Waals surface area contributed by atoms with Gasteiger partial charge >= 0.3 is 0 Å². The highest BCUT2D eigenvalue weighted by atomic mass is 16.5. The van der Waals surface area contributed by atoms with Crippen LogP contribution in [0.25, 0.3) is 10.9 Å². The summed E-state index contributed by atoms with van der Waals surface area (Å²) in [6, 6.07) is 11.4. The highest BCUT2D eigenvalue weighted by Crippen LogP contribution is 2.42. The number of hydrogen-bond acceptors (Lipinski definition) is 4. The van der Waals surface area contributed by atoms with E-state index in [4.69, 9.17) is 9.47 Å². The summed E-state index contributed by atoms with van der Waals surface area (Å²) in [5, 5.41) is 0.958. The Labute approximate surface area is 194 Å². The number of fused-ring (bicyclic) bond motifs is 2. The average Bonchev–Trinajstić information content (AvgIpc) is 2.80. The van der Waals surface area contributed by atoms with E-state index in [2.05, 4.69) is 18.0 Å². The van der Waals surface area contributed by atoms with Crippen molar-refractivity contribution in [3.63, 3.8) is 0 Å². The Hall–Kier alpha value is -3.28. The summed E-state index contributed by atoms with van der Waals surface area (Å²) in [6.45, 7) is 8.36. The Balaban J connectivity index is 1.98. The molecule has 6 heteroatoms. The lowest BCUT2D eigenvalue weighted by atomic mass is 9.85. The Bertz CT molecular complexity index is 1270. The standard InChI is InChI=1S/C27H32N2O4/c1-7-16-8-9-21-18(12-16)13-20(25(30)28-21)24-19-15-23(33-6)22(32-5)14-17(19)10-11-29(24)26(31)27(2,3)4/h8-9,12-15,24H,7,10-11H2,1-6H3,(H,28,30). The first-order valence-electron chi connectivity index (χ1n) is 11.4. The zero-order chi connectivity index (χ0) is 23.9. The van der Waals surface area contributed by atoms with Crippen molar-refractivity contribution in [1.29, 1.82) is 0 Å². The van der Waals surface area contributed by atoms with Gasteiger partial charge in [-0.05, 0) is 65.3 Å². The molecule has 0 spiro atoms. The van der Waals surface area contributed by atoms with Gasteiger partial charge in [-0.3, -0.25) is 9.59 Å². The number of ether oxygens (including phenoxy) is 2. The third-order valence-electron chi connectivity index (χ3n) is 6.42. The molecule has 0 bridgehead atoms. The molecule has 1 aliphatic heterocycles. The van der Waals surface area contributed by atoms with Gasteiger partial charge in [-0.25, -0.2) is 0 Å². The molecular weight excluding hydrogens is 416 g/mol. The van der Waals surface area contributed by atoms with Crippen molar-refractivity contribution in [3.05, 3.63) is 69.0 Å². The number of methoxy groups -OCH3 is 2. The molecule has 1 N–H and O–H groups in total. The van der Waals surface area contributed by atoms with Gasteiger partial charge in [-0.15, -0.1) is 0 Å².